The lowest BCUT2D eigenvalue weighted by Crippen LogP contribution is -2.00. The van der Waals surface area contributed by atoms with E-state index in [1.807, 2.05) is 30.3 Å². The van der Waals surface area contributed by atoms with Crippen molar-refractivity contribution in [2.45, 2.75) is 57.8 Å². The summed E-state index contributed by atoms with van der Waals surface area (Å²) in [5.74, 6) is 0.265. The van der Waals surface area contributed by atoms with Gasteiger partial charge in [-0.2, -0.15) is 0 Å². The minimum atomic E-state index is 0.265. The smallest absolute Gasteiger partial charge is 0.163 e. The highest BCUT2D eigenvalue weighted by atomic mass is 79.9. The Morgan fingerprint density at radius 1 is 0.792 bits per heavy atom. The average Bonchev–Trinajstić information content (AvgIpc) is 2.60. The molecule has 0 saturated carbocycles. The van der Waals surface area contributed by atoms with E-state index >= 15 is 0 Å². The van der Waals surface area contributed by atoms with Crippen LogP contribution in [0.25, 0.3) is 10.8 Å². The molecule has 0 aliphatic rings. The van der Waals surface area contributed by atoms with Gasteiger partial charge in [-0.25, -0.2) is 0 Å². The van der Waals surface area contributed by atoms with Crippen molar-refractivity contribution in [3.63, 3.8) is 0 Å². The van der Waals surface area contributed by atoms with E-state index < -0.39 is 0 Å². The first-order chi connectivity index (χ1) is 11.7. The van der Waals surface area contributed by atoms with Gasteiger partial charge in [-0.3, -0.25) is 4.79 Å². The molecule has 0 bridgehead atoms. The SMILES string of the molecule is NCCCCCCCCCCC(=O)c1ccc(Br)c2ccccc12. The lowest BCUT2D eigenvalue weighted by atomic mass is 9.98. The predicted octanol–water partition coefficient (Wildman–Crippen LogP) is 6.25. The second-order valence-corrected chi connectivity index (χ2v) is 7.29. The number of nitrogens with two attached hydrogens (primary N) is 1. The molecule has 0 saturated heterocycles. The number of rotatable bonds is 11. The number of Topliss-reactive ketones (excluding diaryl/α,β-unsaturated/α-hetero) is 1. The fraction of sp³-hybridized carbons (Fsp3) is 0.476. The average molecular weight is 390 g/mol. The van der Waals surface area contributed by atoms with E-state index in [1.54, 1.807) is 0 Å². The molecular formula is C21H28BrNO. The van der Waals surface area contributed by atoms with Crippen LogP contribution in [0.4, 0.5) is 0 Å². The van der Waals surface area contributed by atoms with Crippen molar-refractivity contribution in [1.82, 2.24) is 0 Å². The summed E-state index contributed by atoms with van der Waals surface area (Å²) in [6.45, 7) is 0.812. The third kappa shape index (κ3) is 5.71. The Kier molecular flexibility index (Phi) is 8.48. The molecule has 2 N–H and O–H groups in total. The summed E-state index contributed by atoms with van der Waals surface area (Å²) in [5, 5.41) is 2.16. The third-order valence-electron chi connectivity index (χ3n) is 4.53. The molecule has 2 aromatic carbocycles. The minimum Gasteiger partial charge on any atom is -0.330 e. The number of carbonyl (C=O) groups is 1. The topological polar surface area (TPSA) is 43.1 Å². The Morgan fingerprint density at radius 3 is 2.04 bits per heavy atom. The van der Waals surface area contributed by atoms with Crippen molar-refractivity contribution in [2.75, 3.05) is 6.54 Å². The number of ketones is 1. The molecule has 130 valence electrons. The standard InChI is InChI=1S/C21H28BrNO/c22-20-15-14-19(17-11-8-9-12-18(17)20)21(24)13-7-5-3-1-2-4-6-10-16-23/h8-9,11-12,14-15H,1-7,10,13,16,23H2. The van der Waals surface area contributed by atoms with Crippen LogP contribution in [0.1, 0.15) is 68.1 Å². The zero-order valence-corrected chi connectivity index (χ0v) is 16.0. The first-order valence-corrected chi connectivity index (χ1v) is 9.94. The lowest BCUT2D eigenvalue weighted by Gasteiger charge is -2.07. The van der Waals surface area contributed by atoms with Crippen LogP contribution in [0.2, 0.25) is 0 Å². The zero-order chi connectivity index (χ0) is 17.2. The summed E-state index contributed by atoms with van der Waals surface area (Å²) in [4.78, 5) is 12.5. The molecule has 0 radical (unpaired) electrons. The Labute approximate surface area is 153 Å². The van der Waals surface area contributed by atoms with Gasteiger partial charge in [0.25, 0.3) is 0 Å². The molecule has 0 aliphatic heterocycles. The van der Waals surface area contributed by atoms with Gasteiger partial charge in [-0.15, -0.1) is 0 Å². The monoisotopic (exact) mass is 389 g/mol. The summed E-state index contributed by atoms with van der Waals surface area (Å²) >= 11 is 3.57. The predicted molar refractivity (Wildman–Crippen MR) is 107 cm³/mol. The molecule has 2 nitrogen and oxygen atoms in total. The zero-order valence-electron chi connectivity index (χ0n) is 14.4. The molecule has 0 aliphatic carbocycles. The van der Waals surface area contributed by atoms with E-state index in [4.69, 9.17) is 5.73 Å². The lowest BCUT2D eigenvalue weighted by molar-refractivity contribution is 0.0980. The van der Waals surface area contributed by atoms with E-state index in [1.165, 1.54) is 32.1 Å². The van der Waals surface area contributed by atoms with Crippen molar-refractivity contribution in [2.24, 2.45) is 5.73 Å². The molecule has 0 atom stereocenters. The van der Waals surface area contributed by atoms with Crippen molar-refractivity contribution in [3.05, 3.63) is 46.4 Å². The number of benzene rings is 2. The van der Waals surface area contributed by atoms with Gasteiger partial charge in [0.15, 0.2) is 5.78 Å². The first-order valence-electron chi connectivity index (χ1n) is 9.14. The van der Waals surface area contributed by atoms with Gasteiger partial charge in [0.05, 0.1) is 0 Å². The quantitative estimate of drug-likeness (QED) is 0.364. The largest absolute Gasteiger partial charge is 0.330 e. The van der Waals surface area contributed by atoms with E-state index in [9.17, 15) is 4.79 Å². The van der Waals surface area contributed by atoms with Crippen LogP contribution in [0.15, 0.2) is 40.9 Å². The summed E-state index contributed by atoms with van der Waals surface area (Å²) in [6.07, 6.45) is 10.3. The summed E-state index contributed by atoms with van der Waals surface area (Å²) < 4.78 is 1.05. The van der Waals surface area contributed by atoms with Gasteiger partial charge in [0.1, 0.15) is 0 Å². The van der Waals surface area contributed by atoms with Crippen LogP contribution >= 0.6 is 15.9 Å². The number of hydrogen-bond acceptors (Lipinski definition) is 2. The maximum absolute atomic E-state index is 12.5. The third-order valence-corrected chi connectivity index (χ3v) is 5.22. The minimum absolute atomic E-state index is 0.265. The van der Waals surface area contributed by atoms with E-state index in [0.29, 0.717) is 6.42 Å². The summed E-state index contributed by atoms with van der Waals surface area (Å²) in [5.41, 5.74) is 6.35. The molecule has 0 heterocycles. The molecule has 2 aromatic rings. The van der Waals surface area contributed by atoms with Gasteiger partial charge < -0.3 is 5.73 Å². The van der Waals surface area contributed by atoms with Gasteiger partial charge in [0, 0.05) is 16.5 Å². The Balaban J connectivity index is 1.75. The normalized spacial score (nSPS) is 11.1. The Hall–Kier alpha value is -1.19. The van der Waals surface area contributed by atoms with Crippen LogP contribution in [0.3, 0.4) is 0 Å². The fourth-order valence-corrected chi connectivity index (χ4v) is 3.61. The van der Waals surface area contributed by atoms with Crippen LogP contribution < -0.4 is 5.73 Å². The van der Waals surface area contributed by atoms with E-state index in [-0.39, 0.29) is 5.78 Å². The summed E-state index contributed by atoms with van der Waals surface area (Å²) in [7, 11) is 0. The molecule has 0 spiro atoms. The van der Waals surface area contributed by atoms with Crippen molar-refractivity contribution < 1.29 is 4.79 Å². The van der Waals surface area contributed by atoms with E-state index in [0.717, 1.165) is 46.6 Å². The van der Waals surface area contributed by atoms with Crippen molar-refractivity contribution >= 4 is 32.5 Å². The van der Waals surface area contributed by atoms with Crippen LogP contribution in [0.5, 0.6) is 0 Å². The molecule has 3 heteroatoms. The molecule has 2 rings (SSSR count). The molecule has 0 aromatic heterocycles. The van der Waals surface area contributed by atoms with Gasteiger partial charge >= 0.3 is 0 Å². The van der Waals surface area contributed by atoms with Crippen LogP contribution in [0, 0.1) is 0 Å². The molecule has 0 fully saturated rings. The highest BCUT2D eigenvalue weighted by molar-refractivity contribution is 9.10. The van der Waals surface area contributed by atoms with Gasteiger partial charge in [0.2, 0.25) is 0 Å². The Morgan fingerprint density at radius 2 is 1.38 bits per heavy atom. The molecule has 0 unspecified atom stereocenters. The van der Waals surface area contributed by atoms with Crippen molar-refractivity contribution in [3.8, 4) is 0 Å². The number of hydrogen-bond donors (Lipinski definition) is 1. The number of unbranched alkanes of at least 4 members (excludes halogenated alkanes) is 7. The second-order valence-electron chi connectivity index (χ2n) is 6.43. The molecular weight excluding hydrogens is 362 g/mol. The Bertz CT molecular complexity index is 653. The highest BCUT2D eigenvalue weighted by Gasteiger charge is 2.11. The first kappa shape index (κ1) is 19.1. The maximum atomic E-state index is 12.5. The molecule has 24 heavy (non-hydrogen) atoms. The van der Waals surface area contributed by atoms with Crippen molar-refractivity contribution in [1.29, 1.82) is 0 Å². The second kappa shape index (κ2) is 10.6. The maximum Gasteiger partial charge on any atom is 0.163 e. The van der Waals surface area contributed by atoms with Gasteiger partial charge in [-0.05, 0) is 42.3 Å². The van der Waals surface area contributed by atoms with Crippen LogP contribution in [-0.4, -0.2) is 12.3 Å². The molecule has 0 amide bonds. The number of halogens is 1. The summed E-state index contributed by atoms with van der Waals surface area (Å²) in [6, 6.07) is 12.0. The highest BCUT2D eigenvalue weighted by Crippen LogP contribution is 2.28. The van der Waals surface area contributed by atoms with Gasteiger partial charge in [-0.1, -0.05) is 78.7 Å². The van der Waals surface area contributed by atoms with Crippen LogP contribution in [-0.2, 0) is 0 Å². The number of carbonyl (C=O) groups excluding carboxylic acids is 1. The van der Waals surface area contributed by atoms with E-state index in [2.05, 4.69) is 22.0 Å². The fourth-order valence-electron chi connectivity index (χ4n) is 3.13. The number of fused-ring (bicyclic) bond motifs is 1.